The molecular formula is C18H30N6O5. The topological polar surface area (TPSA) is 137 Å². The summed E-state index contributed by atoms with van der Waals surface area (Å²) in [5.41, 5.74) is 5.44. The Labute approximate surface area is 170 Å². The zero-order valence-corrected chi connectivity index (χ0v) is 17.0. The number of carbonyl (C=O) groups is 4. The van der Waals surface area contributed by atoms with Crippen LogP contribution in [0.1, 0.15) is 19.8 Å². The standard InChI is InChI=1S/C18H30N6O5/c1-4-29-18(28)23-10-8-22(9-11-23)17(27)24-14(15(25)20-3)13(16(24)26)6-5-7-21-12(2)19/h13-14,21H,2,4-11,19H2,1,3H3,(H,20,25)/t13-,14?/m1/s1. The van der Waals surface area contributed by atoms with Crippen molar-refractivity contribution in [1.29, 1.82) is 0 Å². The van der Waals surface area contributed by atoms with Crippen molar-refractivity contribution >= 4 is 23.9 Å². The van der Waals surface area contributed by atoms with Crippen molar-refractivity contribution in [3.63, 3.8) is 0 Å². The van der Waals surface area contributed by atoms with Gasteiger partial charge in [-0.25, -0.2) is 9.59 Å². The van der Waals surface area contributed by atoms with E-state index in [0.717, 1.165) is 4.90 Å². The Kier molecular flexibility index (Phi) is 7.68. The van der Waals surface area contributed by atoms with Crippen molar-refractivity contribution in [1.82, 2.24) is 25.3 Å². The molecule has 29 heavy (non-hydrogen) atoms. The molecule has 2 heterocycles. The van der Waals surface area contributed by atoms with Crippen LogP contribution in [0.2, 0.25) is 0 Å². The third-order valence-electron chi connectivity index (χ3n) is 5.06. The van der Waals surface area contributed by atoms with Gasteiger partial charge in [-0.1, -0.05) is 6.58 Å². The van der Waals surface area contributed by atoms with Gasteiger partial charge in [0.15, 0.2) is 0 Å². The summed E-state index contributed by atoms with van der Waals surface area (Å²) < 4.78 is 4.96. The van der Waals surface area contributed by atoms with Crippen LogP contribution in [0.3, 0.4) is 0 Å². The van der Waals surface area contributed by atoms with E-state index in [2.05, 4.69) is 17.2 Å². The van der Waals surface area contributed by atoms with Crippen molar-refractivity contribution in [3.05, 3.63) is 12.4 Å². The van der Waals surface area contributed by atoms with E-state index >= 15 is 0 Å². The molecule has 0 saturated carbocycles. The molecule has 2 atom stereocenters. The maximum Gasteiger partial charge on any atom is 0.409 e. The molecule has 11 heteroatoms. The number of ether oxygens (including phenoxy) is 1. The minimum Gasteiger partial charge on any atom is -0.450 e. The summed E-state index contributed by atoms with van der Waals surface area (Å²) in [4.78, 5) is 53.6. The lowest BCUT2D eigenvalue weighted by Crippen LogP contribution is -2.70. The molecule has 2 rings (SSSR count). The predicted octanol–water partition coefficient (Wildman–Crippen LogP) is -0.747. The van der Waals surface area contributed by atoms with Crippen molar-refractivity contribution in [2.75, 3.05) is 46.4 Å². The van der Waals surface area contributed by atoms with Gasteiger partial charge in [-0.05, 0) is 19.8 Å². The highest BCUT2D eigenvalue weighted by atomic mass is 16.6. The number of rotatable bonds is 7. The maximum atomic E-state index is 12.9. The molecule has 0 aromatic carbocycles. The Morgan fingerprint density at radius 2 is 1.83 bits per heavy atom. The van der Waals surface area contributed by atoms with Gasteiger partial charge in [0.05, 0.1) is 18.3 Å². The Bertz CT molecular complexity index is 661. The Morgan fingerprint density at radius 3 is 2.38 bits per heavy atom. The summed E-state index contributed by atoms with van der Waals surface area (Å²) in [7, 11) is 1.48. The molecule has 2 aliphatic rings. The number of likely N-dealkylation sites (tertiary alicyclic amines) is 1. The normalized spacial score (nSPS) is 21.3. The van der Waals surface area contributed by atoms with Gasteiger partial charge in [0, 0.05) is 39.8 Å². The van der Waals surface area contributed by atoms with Crippen LogP contribution in [0.15, 0.2) is 12.4 Å². The van der Waals surface area contributed by atoms with E-state index in [1.807, 2.05) is 0 Å². The summed E-state index contributed by atoms with van der Waals surface area (Å²) in [6.07, 6.45) is 0.648. The van der Waals surface area contributed by atoms with E-state index in [9.17, 15) is 19.2 Å². The van der Waals surface area contributed by atoms with Crippen molar-refractivity contribution < 1.29 is 23.9 Å². The summed E-state index contributed by atoms with van der Waals surface area (Å²) in [5, 5.41) is 5.40. The lowest BCUT2D eigenvalue weighted by atomic mass is 9.83. The molecule has 0 spiro atoms. The van der Waals surface area contributed by atoms with Crippen LogP contribution in [0.4, 0.5) is 9.59 Å². The third-order valence-corrected chi connectivity index (χ3v) is 5.06. The second kappa shape index (κ2) is 9.99. The number of nitrogens with zero attached hydrogens (tertiary/aromatic N) is 3. The van der Waals surface area contributed by atoms with Crippen molar-refractivity contribution in [2.24, 2.45) is 11.7 Å². The first-order valence-corrected chi connectivity index (χ1v) is 9.75. The molecule has 1 unspecified atom stereocenters. The summed E-state index contributed by atoms with van der Waals surface area (Å²) in [5.74, 6) is -0.939. The van der Waals surface area contributed by atoms with E-state index < -0.39 is 24.1 Å². The number of nitrogens with two attached hydrogens (primary N) is 1. The number of likely N-dealkylation sites (N-methyl/N-ethyl adjacent to an activating group) is 1. The minimum atomic E-state index is -0.829. The quantitative estimate of drug-likeness (QED) is 0.371. The number of carbonyl (C=O) groups excluding carboxylic acids is 4. The predicted molar refractivity (Wildman–Crippen MR) is 104 cm³/mol. The second-order valence-electron chi connectivity index (χ2n) is 6.92. The van der Waals surface area contributed by atoms with Gasteiger partial charge < -0.3 is 30.9 Å². The number of piperazine rings is 1. The molecule has 0 aromatic heterocycles. The summed E-state index contributed by atoms with van der Waals surface area (Å²) in [6.45, 7) is 7.25. The number of hydrogen-bond donors (Lipinski definition) is 3. The van der Waals surface area contributed by atoms with Crippen LogP contribution in [0, 0.1) is 5.92 Å². The highest BCUT2D eigenvalue weighted by molar-refractivity contribution is 6.08. The van der Waals surface area contributed by atoms with E-state index in [1.165, 1.54) is 16.8 Å². The zero-order chi connectivity index (χ0) is 21.6. The molecule has 5 amide bonds. The molecule has 0 aliphatic carbocycles. The SMILES string of the molecule is C=C(N)NCCC[C@H]1C(=O)N(C(=O)N2CCN(C(=O)OCC)CC2)C1C(=O)NC. The van der Waals surface area contributed by atoms with Gasteiger partial charge in [0.2, 0.25) is 11.8 Å². The van der Waals surface area contributed by atoms with Crippen molar-refractivity contribution in [2.45, 2.75) is 25.8 Å². The van der Waals surface area contributed by atoms with Crippen LogP contribution < -0.4 is 16.4 Å². The Morgan fingerprint density at radius 1 is 1.21 bits per heavy atom. The Hall–Kier alpha value is -2.98. The monoisotopic (exact) mass is 410 g/mol. The number of nitrogens with one attached hydrogen (secondary N) is 2. The van der Waals surface area contributed by atoms with E-state index in [1.54, 1.807) is 6.92 Å². The minimum absolute atomic E-state index is 0.273. The van der Waals surface area contributed by atoms with Gasteiger partial charge >= 0.3 is 12.1 Å². The van der Waals surface area contributed by atoms with Crippen LogP contribution in [0.25, 0.3) is 0 Å². The van der Waals surface area contributed by atoms with Crippen LogP contribution in [0.5, 0.6) is 0 Å². The largest absolute Gasteiger partial charge is 0.450 e. The molecular weight excluding hydrogens is 380 g/mol. The lowest BCUT2D eigenvalue weighted by Gasteiger charge is -2.47. The molecule has 0 radical (unpaired) electrons. The number of hydrogen-bond acceptors (Lipinski definition) is 7. The molecule has 11 nitrogen and oxygen atoms in total. The first-order valence-electron chi connectivity index (χ1n) is 9.75. The highest BCUT2D eigenvalue weighted by Gasteiger charge is 2.54. The fourth-order valence-electron chi connectivity index (χ4n) is 3.51. The lowest BCUT2D eigenvalue weighted by molar-refractivity contribution is -0.158. The van der Waals surface area contributed by atoms with E-state index in [4.69, 9.17) is 10.5 Å². The van der Waals surface area contributed by atoms with Crippen LogP contribution in [-0.4, -0.2) is 91.1 Å². The van der Waals surface area contributed by atoms with Crippen molar-refractivity contribution in [3.8, 4) is 0 Å². The summed E-state index contributed by atoms with van der Waals surface area (Å²) >= 11 is 0. The Balaban J connectivity index is 1.95. The molecule has 2 fully saturated rings. The molecule has 162 valence electrons. The first kappa shape index (κ1) is 22.3. The highest BCUT2D eigenvalue weighted by Crippen LogP contribution is 2.32. The van der Waals surface area contributed by atoms with Gasteiger partial charge in [-0.3, -0.25) is 14.5 Å². The number of β-lactam (4-membered cyclic amide) rings is 1. The molecule has 0 bridgehead atoms. The van der Waals surface area contributed by atoms with Crippen LogP contribution >= 0.6 is 0 Å². The zero-order valence-electron chi connectivity index (χ0n) is 17.0. The van der Waals surface area contributed by atoms with Crippen LogP contribution in [-0.2, 0) is 14.3 Å². The molecule has 4 N–H and O–H groups in total. The third kappa shape index (κ3) is 5.09. The van der Waals surface area contributed by atoms with Gasteiger partial charge in [0.25, 0.3) is 0 Å². The van der Waals surface area contributed by atoms with Gasteiger partial charge in [-0.15, -0.1) is 0 Å². The number of amides is 5. The smallest absolute Gasteiger partial charge is 0.409 e. The van der Waals surface area contributed by atoms with Gasteiger partial charge in [-0.2, -0.15) is 0 Å². The average Bonchev–Trinajstić information content (AvgIpc) is 2.70. The average molecular weight is 410 g/mol. The maximum absolute atomic E-state index is 12.9. The number of imide groups is 1. The first-order chi connectivity index (χ1) is 13.8. The number of urea groups is 1. The van der Waals surface area contributed by atoms with E-state index in [-0.39, 0.29) is 31.5 Å². The molecule has 2 saturated heterocycles. The van der Waals surface area contributed by atoms with Gasteiger partial charge in [0.1, 0.15) is 6.04 Å². The summed E-state index contributed by atoms with van der Waals surface area (Å²) in [6, 6.07) is -1.33. The molecule has 0 aromatic rings. The fourth-order valence-corrected chi connectivity index (χ4v) is 3.51. The second-order valence-corrected chi connectivity index (χ2v) is 6.92. The fraction of sp³-hybridized carbons (Fsp3) is 0.667. The molecule has 2 aliphatic heterocycles. The van der Waals surface area contributed by atoms with E-state index in [0.29, 0.717) is 38.3 Å².